The summed E-state index contributed by atoms with van der Waals surface area (Å²) in [5.41, 5.74) is 2.21. The van der Waals surface area contributed by atoms with Gasteiger partial charge in [0.1, 0.15) is 0 Å². The van der Waals surface area contributed by atoms with Gasteiger partial charge in [-0.2, -0.15) is 0 Å². The molecule has 0 spiro atoms. The highest BCUT2D eigenvalue weighted by molar-refractivity contribution is 6.31. The number of halogens is 1. The average Bonchev–Trinajstić information content (AvgIpc) is 2.62. The number of likely N-dealkylation sites (tertiary alicyclic amines) is 1. The summed E-state index contributed by atoms with van der Waals surface area (Å²) in [6.07, 6.45) is 8.35. The fraction of sp³-hybridized carbons (Fsp3) is 0.450. The molecule has 0 amide bonds. The van der Waals surface area contributed by atoms with E-state index in [1.54, 1.807) is 0 Å². The highest BCUT2D eigenvalue weighted by Crippen LogP contribution is 2.36. The van der Waals surface area contributed by atoms with Crippen LogP contribution >= 0.6 is 11.6 Å². The summed E-state index contributed by atoms with van der Waals surface area (Å²) >= 11 is 6.08. The van der Waals surface area contributed by atoms with E-state index in [1.165, 1.54) is 5.56 Å². The predicted octanol–water partition coefficient (Wildman–Crippen LogP) is 4.67. The van der Waals surface area contributed by atoms with Crippen molar-refractivity contribution in [2.45, 2.75) is 26.3 Å². The van der Waals surface area contributed by atoms with Gasteiger partial charge in [0, 0.05) is 24.0 Å². The molecule has 1 aliphatic carbocycles. The number of rotatable bonds is 4. The number of hydrogen-bond donors (Lipinski definition) is 1. The Morgan fingerprint density at radius 3 is 2.79 bits per heavy atom. The summed E-state index contributed by atoms with van der Waals surface area (Å²) in [7, 11) is 0. The van der Waals surface area contributed by atoms with Crippen LogP contribution in [-0.4, -0.2) is 28.9 Å². The van der Waals surface area contributed by atoms with E-state index in [9.17, 15) is 5.21 Å². The fourth-order valence-electron chi connectivity index (χ4n) is 3.99. The smallest absolute Gasteiger partial charge is 0.0574 e. The molecule has 1 aromatic rings. The van der Waals surface area contributed by atoms with Gasteiger partial charge in [-0.25, -0.2) is 0 Å². The first-order valence-electron chi connectivity index (χ1n) is 8.66. The second kappa shape index (κ2) is 8.00. The van der Waals surface area contributed by atoms with Crippen molar-refractivity contribution in [2.75, 3.05) is 13.1 Å². The Kier molecular flexibility index (Phi) is 5.75. The van der Waals surface area contributed by atoms with Gasteiger partial charge in [0.25, 0.3) is 0 Å². The van der Waals surface area contributed by atoms with Gasteiger partial charge >= 0.3 is 0 Å². The van der Waals surface area contributed by atoms with Crippen molar-refractivity contribution in [3.05, 3.63) is 59.2 Å². The fourth-order valence-corrected chi connectivity index (χ4v) is 4.15. The number of oxime groups is 1. The van der Waals surface area contributed by atoms with Crippen LogP contribution in [0.4, 0.5) is 0 Å². The van der Waals surface area contributed by atoms with Gasteiger partial charge in [0.15, 0.2) is 0 Å². The highest BCUT2D eigenvalue weighted by Gasteiger charge is 2.35. The maximum Gasteiger partial charge on any atom is 0.0574 e. The minimum atomic E-state index is 0.335. The second-order valence-corrected chi connectivity index (χ2v) is 7.31. The molecule has 3 rings (SSSR count). The predicted molar refractivity (Wildman–Crippen MR) is 99.4 cm³/mol. The molecule has 0 bridgehead atoms. The van der Waals surface area contributed by atoms with Crippen LogP contribution < -0.4 is 0 Å². The van der Waals surface area contributed by atoms with E-state index >= 15 is 0 Å². The molecule has 0 aromatic heterocycles. The van der Waals surface area contributed by atoms with Crippen molar-refractivity contribution in [3.63, 3.8) is 0 Å². The average molecular weight is 345 g/mol. The lowest BCUT2D eigenvalue weighted by Crippen LogP contribution is -2.45. The Balaban J connectivity index is 1.73. The van der Waals surface area contributed by atoms with E-state index in [2.05, 4.69) is 52.5 Å². The summed E-state index contributed by atoms with van der Waals surface area (Å²) in [5.74, 6) is 1.24. The summed E-state index contributed by atoms with van der Waals surface area (Å²) < 4.78 is 0. The Morgan fingerprint density at radius 1 is 1.33 bits per heavy atom. The van der Waals surface area contributed by atoms with Crippen LogP contribution in [0.1, 0.15) is 25.3 Å². The second-order valence-electron chi connectivity index (χ2n) is 6.87. The monoisotopic (exact) mass is 344 g/mol. The van der Waals surface area contributed by atoms with Gasteiger partial charge < -0.3 is 5.21 Å². The van der Waals surface area contributed by atoms with Crippen LogP contribution in [0.15, 0.2) is 58.7 Å². The number of allylic oxidation sites excluding steroid dienone is 4. The maximum absolute atomic E-state index is 9.27. The van der Waals surface area contributed by atoms with Gasteiger partial charge in [0.2, 0.25) is 0 Å². The minimum absolute atomic E-state index is 0.335. The van der Waals surface area contributed by atoms with Crippen molar-refractivity contribution in [1.29, 1.82) is 0 Å². The van der Waals surface area contributed by atoms with Crippen LogP contribution in [0.3, 0.4) is 0 Å². The normalized spacial score (nSPS) is 28.7. The number of hydrogen-bond acceptors (Lipinski definition) is 3. The molecular formula is C20H25ClN2O. The van der Waals surface area contributed by atoms with Gasteiger partial charge in [-0.05, 0) is 49.8 Å². The molecular weight excluding hydrogens is 320 g/mol. The van der Waals surface area contributed by atoms with E-state index < -0.39 is 0 Å². The number of benzene rings is 1. The first-order chi connectivity index (χ1) is 11.7. The van der Waals surface area contributed by atoms with Crippen LogP contribution in [0.5, 0.6) is 0 Å². The Hall–Kier alpha value is -1.58. The highest BCUT2D eigenvalue weighted by atomic mass is 35.5. The third-order valence-electron chi connectivity index (χ3n) is 5.32. The van der Waals surface area contributed by atoms with E-state index in [-0.39, 0.29) is 0 Å². The topological polar surface area (TPSA) is 35.8 Å². The maximum atomic E-state index is 9.27. The third-order valence-corrected chi connectivity index (χ3v) is 5.60. The summed E-state index contributed by atoms with van der Waals surface area (Å²) in [5, 5.41) is 13.6. The molecule has 0 radical (unpaired) electrons. The van der Waals surface area contributed by atoms with Crippen LogP contribution in [0.2, 0.25) is 0 Å². The van der Waals surface area contributed by atoms with Gasteiger partial charge in [0.05, 0.1) is 5.71 Å². The minimum Gasteiger partial charge on any atom is -0.411 e. The van der Waals surface area contributed by atoms with Crippen molar-refractivity contribution in [2.24, 2.45) is 22.9 Å². The summed E-state index contributed by atoms with van der Waals surface area (Å²) in [4.78, 5) is 2.52. The van der Waals surface area contributed by atoms with Gasteiger partial charge in [-0.3, -0.25) is 4.90 Å². The molecule has 4 heteroatoms. The van der Waals surface area contributed by atoms with Crippen LogP contribution in [-0.2, 0) is 6.54 Å². The lowest BCUT2D eigenvalue weighted by atomic mass is 9.73. The molecule has 3 atom stereocenters. The Labute approximate surface area is 149 Å². The molecule has 1 fully saturated rings. The zero-order valence-corrected chi connectivity index (χ0v) is 14.9. The van der Waals surface area contributed by atoms with Crippen LogP contribution in [0, 0.1) is 17.8 Å². The molecule has 1 N–H and O–H groups in total. The largest absolute Gasteiger partial charge is 0.411 e. The number of piperidine rings is 1. The summed E-state index contributed by atoms with van der Waals surface area (Å²) in [6.45, 7) is 4.98. The quantitative estimate of drug-likeness (QED) is 0.489. The SMILES string of the molecule is CC(=NO)C1CCN(Cc2ccccc2)CC1C1C=CC(Cl)=CC1. The molecule has 1 aliphatic heterocycles. The summed E-state index contributed by atoms with van der Waals surface area (Å²) in [6, 6.07) is 10.6. The molecule has 2 aliphatic rings. The molecule has 1 aromatic carbocycles. The first kappa shape index (κ1) is 17.2. The van der Waals surface area contributed by atoms with E-state index in [1.807, 2.05) is 13.0 Å². The third kappa shape index (κ3) is 4.08. The molecule has 0 saturated carbocycles. The molecule has 1 saturated heterocycles. The van der Waals surface area contributed by atoms with E-state index in [0.717, 1.165) is 43.2 Å². The van der Waals surface area contributed by atoms with Crippen molar-refractivity contribution in [1.82, 2.24) is 4.90 Å². The zero-order valence-electron chi connectivity index (χ0n) is 14.1. The van der Waals surface area contributed by atoms with Gasteiger partial charge in [-0.1, -0.05) is 59.2 Å². The zero-order chi connectivity index (χ0) is 16.9. The standard InChI is InChI=1S/C20H25ClN2O/c1-15(22-24)19-11-12-23(13-16-5-3-2-4-6-16)14-20(19)17-7-9-18(21)10-8-17/h2-7,9-10,17,19-20,24H,8,11-14H2,1H3. The molecule has 128 valence electrons. The molecule has 24 heavy (non-hydrogen) atoms. The van der Waals surface area contributed by atoms with Crippen molar-refractivity contribution in [3.8, 4) is 0 Å². The number of nitrogens with zero attached hydrogens (tertiary/aromatic N) is 2. The first-order valence-corrected chi connectivity index (χ1v) is 9.04. The molecule has 3 unspecified atom stereocenters. The van der Waals surface area contributed by atoms with Crippen LogP contribution in [0.25, 0.3) is 0 Å². The molecule has 3 nitrogen and oxygen atoms in total. The van der Waals surface area contributed by atoms with E-state index in [4.69, 9.17) is 11.6 Å². The van der Waals surface area contributed by atoms with Crippen molar-refractivity contribution < 1.29 is 5.21 Å². The molecule has 1 heterocycles. The Bertz CT molecular complexity index is 638. The van der Waals surface area contributed by atoms with E-state index in [0.29, 0.717) is 17.8 Å². The lowest BCUT2D eigenvalue weighted by molar-refractivity contribution is 0.114. The Morgan fingerprint density at radius 2 is 2.12 bits per heavy atom. The lowest BCUT2D eigenvalue weighted by Gasteiger charge is -2.41. The van der Waals surface area contributed by atoms with Gasteiger partial charge in [-0.15, -0.1) is 0 Å². The van der Waals surface area contributed by atoms with Crippen molar-refractivity contribution >= 4 is 17.3 Å².